The summed E-state index contributed by atoms with van der Waals surface area (Å²) < 4.78 is 41.8. The minimum Gasteiger partial charge on any atom is -0.478 e. The molecule has 0 saturated heterocycles. The fraction of sp³-hybridized carbons (Fsp3) is 0.273. The summed E-state index contributed by atoms with van der Waals surface area (Å²) >= 11 is 0. The molecular weight excluding hydrogens is 281 g/mol. The molecule has 0 aliphatic carbocycles. The summed E-state index contributed by atoms with van der Waals surface area (Å²) in [4.78, 5) is 21.2. The van der Waals surface area contributed by atoms with Crippen molar-refractivity contribution >= 4 is 17.7 Å². The van der Waals surface area contributed by atoms with Crippen molar-refractivity contribution in [3.63, 3.8) is 0 Å². The van der Waals surface area contributed by atoms with Gasteiger partial charge in [-0.1, -0.05) is 0 Å². The van der Waals surface area contributed by atoms with Crippen molar-refractivity contribution in [3.8, 4) is 0 Å². The predicted octanol–water partition coefficient (Wildman–Crippen LogP) is 1.91. The molecule has 9 heteroatoms. The van der Waals surface area contributed by atoms with E-state index in [1.807, 2.05) is 0 Å². The highest BCUT2D eigenvalue weighted by atomic mass is 19.4. The van der Waals surface area contributed by atoms with Gasteiger partial charge in [0, 0.05) is 12.2 Å². The van der Waals surface area contributed by atoms with Gasteiger partial charge in [-0.15, -0.1) is 0 Å². The molecule has 0 atom stereocenters. The molecule has 0 heterocycles. The van der Waals surface area contributed by atoms with E-state index in [1.165, 1.54) is 0 Å². The van der Waals surface area contributed by atoms with E-state index in [9.17, 15) is 22.8 Å². The first-order chi connectivity index (χ1) is 9.21. The van der Waals surface area contributed by atoms with Crippen LogP contribution in [0.4, 0.5) is 23.7 Å². The maximum atomic E-state index is 12.5. The second-order valence-electron chi connectivity index (χ2n) is 3.66. The van der Waals surface area contributed by atoms with Gasteiger partial charge in [0.1, 0.15) is 6.61 Å². The van der Waals surface area contributed by atoms with Crippen molar-refractivity contribution in [1.29, 1.82) is 0 Å². The third kappa shape index (κ3) is 4.34. The Balaban J connectivity index is 2.86. The number of carbonyl (C=O) groups is 2. The Morgan fingerprint density at radius 1 is 1.35 bits per heavy atom. The van der Waals surface area contributed by atoms with Gasteiger partial charge in [-0.05, 0) is 18.2 Å². The molecule has 0 fully saturated rings. The molecule has 20 heavy (non-hydrogen) atoms. The van der Waals surface area contributed by atoms with Gasteiger partial charge >= 0.3 is 18.2 Å². The average molecular weight is 292 g/mol. The molecule has 1 rings (SSSR count). The maximum absolute atomic E-state index is 12.5. The van der Waals surface area contributed by atoms with Crippen LogP contribution in [-0.2, 0) is 10.9 Å². The number of nitrogens with two attached hydrogens (primary N) is 1. The zero-order valence-corrected chi connectivity index (χ0v) is 10.0. The number of anilines is 1. The first-order valence-corrected chi connectivity index (χ1v) is 5.32. The highest BCUT2D eigenvalue weighted by Gasteiger charge is 2.31. The maximum Gasteiger partial charge on any atom is 0.416 e. The predicted molar refractivity (Wildman–Crippen MR) is 62.4 cm³/mol. The van der Waals surface area contributed by atoms with Crippen LogP contribution in [0.1, 0.15) is 15.9 Å². The van der Waals surface area contributed by atoms with Crippen LogP contribution in [0.2, 0.25) is 0 Å². The molecule has 0 radical (unpaired) electrons. The smallest absolute Gasteiger partial charge is 0.416 e. The van der Waals surface area contributed by atoms with Gasteiger partial charge in [-0.3, -0.25) is 0 Å². The molecule has 0 unspecified atom stereocenters. The summed E-state index contributed by atoms with van der Waals surface area (Å²) in [7, 11) is 0. The lowest BCUT2D eigenvalue weighted by atomic mass is 10.1. The number of amides is 1. The van der Waals surface area contributed by atoms with Gasteiger partial charge in [0.15, 0.2) is 0 Å². The van der Waals surface area contributed by atoms with Gasteiger partial charge < -0.3 is 20.9 Å². The Kier molecular flexibility index (Phi) is 4.78. The molecule has 6 nitrogen and oxygen atoms in total. The molecule has 0 saturated carbocycles. The number of carboxylic acid groups (broad SMARTS) is 1. The minimum atomic E-state index is -4.63. The fourth-order valence-corrected chi connectivity index (χ4v) is 1.39. The number of alkyl halides is 3. The van der Waals surface area contributed by atoms with Crippen molar-refractivity contribution in [2.75, 3.05) is 18.5 Å². The number of hydrogen-bond donors (Lipinski definition) is 3. The van der Waals surface area contributed by atoms with Crippen molar-refractivity contribution in [1.82, 2.24) is 0 Å². The number of hydrogen-bond acceptors (Lipinski definition) is 4. The van der Waals surface area contributed by atoms with Gasteiger partial charge in [0.25, 0.3) is 0 Å². The van der Waals surface area contributed by atoms with E-state index in [4.69, 9.17) is 10.8 Å². The van der Waals surface area contributed by atoms with Gasteiger partial charge in [-0.25, -0.2) is 9.59 Å². The zero-order chi connectivity index (χ0) is 15.3. The van der Waals surface area contributed by atoms with Crippen LogP contribution in [0.15, 0.2) is 18.2 Å². The highest BCUT2D eigenvalue weighted by molar-refractivity contribution is 5.94. The Bertz CT molecular complexity index is 517. The molecule has 1 amide bonds. The largest absolute Gasteiger partial charge is 0.478 e. The summed E-state index contributed by atoms with van der Waals surface area (Å²) in [5.74, 6) is -1.51. The molecule has 0 aliphatic heterocycles. The van der Waals surface area contributed by atoms with Crippen LogP contribution in [0, 0.1) is 0 Å². The lowest BCUT2D eigenvalue weighted by molar-refractivity contribution is -0.137. The second-order valence-corrected chi connectivity index (χ2v) is 3.66. The number of ether oxygens (including phenoxy) is 1. The van der Waals surface area contributed by atoms with E-state index in [1.54, 1.807) is 0 Å². The quantitative estimate of drug-likeness (QED) is 0.719. The second kappa shape index (κ2) is 6.13. The molecule has 110 valence electrons. The zero-order valence-electron chi connectivity index (χ0n) is 10.0. The minimum absolute atomic E-state index is 0.00852. The van der Waals surface area contributed by atoms with E-state index in [2.05, 4.69) is 10.1 Å². The Hall–Kier alpha value is -2.45. The average Bonchev–Trinajstić information content (AvgIpc) is 2.33. The molecule has 1 aromatic rings. The van der Waals surface area contributed by atoms with Gasteiger partial charge in [0.2, 0.25) is 0 Å². The summed E-state index contributed by atoms with van der Waals surface area (Å²) in [5.41, 5.74) is 3.10. The third-order valence-electron chi connectivity index (χ3n) is 2.24. The van der Waals surface area contributed by atoms with E-state index < -0.39 is 29.4 Å². The first-order valence-electron chi connectivity index (χ1n) is 5.32. The van der Waals surface area contributed by atoms with E-state index in [0.717, 1.165) is 12.1 Å². The van der Waals surface area contributed by atoms with Gasteiger partial charge in [-0.2, -0.15) is 13.2 Å². The molecule has 1 aromatic carbocycles. The number of halogens is 3. The van der Waals surface area contributed by atoms with Crippen LogP contribution in [0.25, 0.3) is 0 Å². The lowest BCUT2D eigenvalue weighted by Crippen LogP contribution is -2.19. The van der Waals surface area contributed by atoms with Crippen molar-refractivity contribution in [2.45, 2.75) is 6.18 Å². The lowest BCUT2D eigenvalue weighted by Gasteiger charge is -2.12. The van der Waals surface area contributed by atoms with E-state index in [-0.39, 0.29) is 18.8 Å². The SMILES string of the molecule is NC(=O)OCCNc1ccc(C(F)(F)F)cc1C(=O)O. The number of nitrogens with one attached hydrogen (secondary N) is 1. The molecule has 0 bridgehead atoms. The molecule has 0 aromatic heterocycles. The van der Waals surface area contributed by atoms with Crippen molar-refractivity contribution in [3.05, 3.63) is 29.3 Å². The summed E-state index contributed by atoms with van der Waals surface area (Å²) in [5, 5.41) is 11.4. The Morgan fingerprint density at radius 3 is 2.50 bits per heavy atom. The van der Waals surface area contributed by atoms with Crippen molar-refractivity contribution < 1.29 is 32.6 Å². The number of carbonyl (C=O) groups excluding carboxylic acids is 1. The molecule has 0 aliphatic rings. The van der Waals surface area contributed by atoms with E-state index in [0.29, 0.717) is 6.07 Å². The highest BCUT2D eigenvalue weighted by Crippen LogP contribution is 2.31. The van der Waals surface area contributed by atoms with Crippen LogP contribution in [0.5, 0.6) is 0 Å². The third-order valence-corrected chi connectivity index (χ3v) is 2.24. The monoisotopic (exact) mass is 292 g/mol. The Labute approximate surface area is 111 Å². The Morgan fingerprint density at radius 2 is 2.00 bits per heavy atom. The molecule has 0 spiro atoms. The van der Waals surface area contributed by atoms with Crippen LogP contribution < -0.4 is 11.1 Å². The van der Waals surface area contributed by atoms with Crippen LogP contribution in [-0.4, -0.2) is 30.3 Å². The summed E-state index contributed by atoms with van der Waals surface area (Å²) in [6, 6.07) is 2.28. The normalized spacial score (nSPS) is 10.9. The summed E-state index contributed by atoms with van der Waals surface area (Å²) in [6.45, 7) is -0.135. The first kappa shape index (κ1) is 15.6. The number of rotatable bonds is 5. The van der Waals surface area contributed by atoms with E-state index >= 15 is 0 Å². The van der Waals surface area contributed by atoms with Gasteiger partial charge in [0.05, 0.1) is 11.1 Å². The molecular formula is C11H11F3N2O4. The number of aromatic carboxylic acids is 1. The number of benzene rings is 1. The molecule has 4 N–H and O–H groups in total. The van der Waals surface area contributed by atoms with Crippen LogP contribution in [0.3, 0.4) is 0 Å². The van der Waals surface area contributed by atoms with Crippen LogP contribution >= 0.6 is 0 Å². The topological polar surface area (TPSA) is 102 Å². The standard InChI is InChI=1S/C11H11F3N2O4/c12-11(13,14)6-1-2-8(7(5-6)9(17)18)16-3-4-20-10(15)19/h1-2,5,16H,3-4H2,(H2,15,19)(H,17,18). The number of carboxylic acids is 1. The number of primary amides is 1. The fourth-order valence-electron chi connectivity index (χ4n) is 1.39. The van der Waals surface area contributed by atoms with Crippen molar-refractivity contribution in [2.24, 2.45) is 5.73 Å². The summed E-state index contributed by atoms with van der Waals surface area (Å²) in [6.07, 6.45) is -5.63.